The lowest BCUT2D eigenvalue weighted by Gasteiger charge is -2.59. The fourth-order valence-electron chi connectivity index (χ4n) is 8.71. The van der Waals surface area contributed by atoms with E-state index in [0.717, 1.165) is 11.1 Å². The number of aliphatic hydroxyl groups is 1. The molecular weight excluding hydrogens is 600 g/mol. The second-order valence-electron chi connectivity index (χ2n) is 13.7. The number of phenols is 1. The fourth-order valence-corrected chi connectivity index (χ4v) is 8.71. The summed E-state index contributed by atoms with van der Waals surface area (Å²) < 4.78 is 37.5. The van der Waals surface area contributed by atoms with Gasteiger partial charge in [0.05, 0.1) is 25.6 Å². The number of hydrogen-bond donors (Lipinski definition) is 2. The van der Waals surface area contributed by atoms with E-state index in [2.05, 4.69) is 13.5 Å². The maximum Gasteiger partial charge on any atom is 0.310 e. The van der Waals surface area contributed by atoms with Gasteiger partial charge in [0, 0.05) is 19.6 Å². The van der Waals surface area contributed by atoms with Crippen LogP contribution >= 0.6 is 0 Å². The number of ketones is 1. The molecule has 2 N–H and O–H groups in total. The first kappa shape index (κ1) is 31.8. The van der Waals surface area contributed by atoms with Gasteiger partial charge >= 0.3 is 5.97 Å². The molecule has 8 atom stereocenters. The van der Waals surface area contributed by atoms with Gasteiger partial charge in [-0.2, -0.15) is 0 Å². The van der Waals surface area contributed by atoms with E-state index in [1.165, 1.54) is 20.6 Å². The van der Waals surface area contributed by atoms with Crippen LogP contribution in [0, 0.1) is 17.8 Å². The van der Waals surface area contributed by atoms with Crippen molar-refractivity contribution < 1.29 is 44.9 Å². The molecule has 1 unspecified atom stereocenters. The van der Waals surface area contributed by atoms with Crippen molar-refractivity contribution in [1.29, 1.82) is 0 Å². The van der Waals surface area contributed by atoms with Crippen molar-refractivity contribution in [3.63, 3.8) is 0 Å². The standard InChI is InChI=1S/C37H40O9.CH4/c1-21(2)35-17-23(4)37-27(33(35)44-36(45-35,46-37)19-24-9-7-6-8-10-24)14-26(18-34(41)30(37)13-22(3)32(34)40)20-43-31(39)16-25-11-12-28(38)29(15-25)42-5;/h6-15,23,27,30,33,38,41H,1,16-20H2,2-5H3;1H4/t23-,27+,30-,33-,34-,35-,36?,37-;/m1./s1/i;1T. The Morgan fingerprint density at radius 3 is 2.60 bits per heavy atom. The van der Waals surface area contributed by atoms with Crippen LogP contribution in [0.2, 0.25) is 0 Å². The second kappa shape index (κ2) is 11.4. The largest absolute Gasteiger partial charge is 0.504 e. The minimum atomic E-state index is -1.80. The van der Waals surface area contributed by atoms with Gasteiger partial charge < -0.3 is 33.9 Å². The molecule has 250 valence electrons. The average Bonchev–Trinajstić information content (AvgIpc) is 3.37. The number of methoxy groups -OCH3 is 1. The Morgan fingerprint density at radius 2 is 1.89 bits per heavy atom. The number of rotatable bonds is 8. The lowest BCUT2D eigenvalue weighted by atomic mass is 9.55. The first-order valence-corrected chi connectivity index (χ1v) is 15.8. The van der Waals surface area contributed by atoms with Gasteiger partial charge in [-0.25, -0.2) is 0 Å². The molecule has 3 fully saturated rings. The van der Waals surface area contributed by atoms with Gasteiger partial charge in [-0.05, 0) is 66.2 Å². The highest BCUT2D eigenvalue weighted by Gasteiger charge is 2.79. The zero-order chi connectivity index (χ0) is 34.6. The molecule has 0 amide bonds. The molecule has 9 heteroatoms. The zero-order valence-corrected chi connectivity index (χ0v) is 27.6. The smallest absolute Gasteiger partial charge is 0.310 e. The fraction of sp³-hybridized carbons (Fsp3) is 0.474. The maximum absolute atomic E-state index is 13.8. The number of fused-ring (bicyclic) bond motifs is 2. The summed E-state index contributed by atoms with van der Waals surface area (Å²) in [5, 5.41) is 22.3. The molecule has 5 aliphatic rings. The van der Waals surface area contributed by atoms with Gasteiger partial charge in [-0.15, -0.1) is 0 Å². The summed E-state index contributed by atoms with van der Waals surface area (Å²) in [6.45, 7) is 9.98. The summed E-state index contributed by atoms with van der Waals surface area (Å²) in [7, 11) is 2.69. The van der Waals surface area contributed by atoms with Crippen LogP contribution in [0.1, 0.15) is 53.5 Å². The molecule has 7 rings (SSSR count). The van der Waals surface area contributed by atoms with E-state index in [1.807, 2.05) is 49.4 Å². The van der Waals surface area contributed by atoms with Crippen molar-refractivity contribution in [3.05, 3.63) is 95.1 Å². The molecule has 2 aromatic carbocycles. The minimum Gasteiger partial charge on any atom is -0.504 e. The van der Waals surface area contributed by atoms with Crippen LogP contribution < -0.4 is 4.74 Å². The number of benzene rings is 2. The summed E-state index contributed by atoms with van der Waals surface area (Å²) in [5.41, 5.74) is -0.241. The van der Waals surface area contributed by atoms with E-state index in [4.69, 9.17) is 25.1 Å². The molecule has 1 saturated carbocycles. The molecule has 3 bridgehead atoms. The Labute approximate surface area is 277 Å². The van der Waals surface area contributed by atoms with Crippen LogP contribution in [0.5, 0.6) is 11.5 Å². The average molecular weight is 647 g/mol. The third-order valence-corrected chi connectivity index (χ3v) is 10.7. The summed E-state index contributed by atoms with van der Waals surface area (Å²) in [5.74, 6) is -3.37. The van der Waals surface area contributed by atoms with Crippen LogP contribution in [0.15, 0.2) is 84.0 Å². The Kier molecular flexibility index (Phi) is 7.75. The molecule has 3 aliphatic carbocycles. The highest BCUT2D eigenvalue weighted by molar-refractivity contribution is 6.04. The summed E-state index contributed by atoms with van der Waals surface area (Å²) in [6, 6.07) is 14.5. The molecular formula is C38H44O9. The number of esters is 1. The molecule has 2 aliphatic heterocycles. The minimum absolute atomic E-state index is 0.0156. The molecule has 2 heterocycles. The summed E-state index contributed by atoms with van der Waals surface area (Å²) >= 11 is 0. The highest BCUT2D eigenvalue weighted by atomic mass is 16.9. The maximum atomic E-state index is 13.8. The van der Waals surface area contributed by atoms with Gasteiger partial charge in [-0.3, -0.25) is 9.59 Å². The third-order valence-electron chi connectivity index (χ3n) is 10.7. The molecule has 2 saturated heterocycles. The monoisotopic (exact) mass is 646 g/mol. The van der Waals surface area contributed by atoms with Crippen LogP contribution in [0.3, 0.4) is 0 Å². The highest BCUT2D eigenvalue weighted by Crippen LogP contribution is 2.68. The van der Waals surface area contributed by atoms with Crippen LogP contribution in [0.4, 0.5) is 0 Å². The lowest BCUT2D eigenvalue weighted by molar-refractivity contribution is -0.421. The van der Waals surface area contributed by atoms with Crippen molar-refractivity contribution in [2.24, 2.45) is 17.8 Å². The number of carbonyl (C=O) groups excluding carboxylic acids is 2. The summed E-state index contributed by atoms with van der Waals surface area (Å²) in [6.07, 6.45) is 4.13. The normalized spacial score (nSPS) is 36.5. The molecule has 0 aromatic heterocycles. The van der Waals surface area contributed by atoms with Crippen molar-refractivity contribution in [1.82, 2.24) is 0 Å². The number of hydrogen-bond acceptors (Lipinski definition) is 9. The number of ether oxygens (including phenoxy) is 5. The van der Waals surface area contributed by atoms with Crippen LogP contribution in [-0.2, 0) is 41.4 Å². The first-order chi connectivity index (χ1) is 22.9. The number of carbonyl (C=O) groups is 2. The molecule has 0 spiro atoms. The Morgan fingerprint density at radius 1 is 1.15 bits per heavy atom. The van der Waals surface area contributed by atoms with Gasteiger partial charge in [0.1, 0.15) is 23.9 Å². The van der Waals surface area contributed by atoms with Crippen molar-refractivity contribution in [3.8, 4) is 11.5 Å². The van der Waals surface area contributed by atoms with Gasteiger partial charge in [0.15, 0.2) is 17.3 Å². The predicted molar refractivity (Wildman–Crippen MR) is 173 cm³/mol. The van der Waals surface area contributed by atoms with E-state index in [1.54, 1.807) is 19.1 Å². The van der Waals surface area contributed by atoms with Crippen LogP contribution in [-0.4, -0.2) is 64.6 Å². The Hall–Kier alpha value is -3.76. The number of phenolic OH excluding ortho intramolecular Hbond substituents is 1. The van der Waals surface area contributed by atoms with E-state index in [-0.39, 0.29) is 42.6 Å². The van der Waals surface area contributed by atoms with Crippen molar-refractivity contribution in [2.45, 2.75) is 82.7 Å². The quantitative estimate of drug-likeness (QED) is 0.288. The molecule has 47 heavy (non-hydrogen) atoms. The van der Waals surface area contributed by atoms with E-state index >= 15 is 0 Å². The second-order valence-corrected chi connectivity index (χ2v) is 13.7. The first-order valence-electron chi connectivity index (χ1n) is 16.8. The lowest BCUT2D eigenvalue weighted by Crippen LogP contribution is -2.70. The predicted octanol–water partition coefficient (Wildman–Crippen LogP) is 5.38. The van der Waals surface area contributed by atoms with Gasteiger partial charge in [0.2, 0.25) is 0 Å². The number of aromatic hydroxyl groups is 1. The van der Waals surface area contributed by atoms with Crippen molar-refractivity contribution in [2.75, 3.05) is 13.7 Å². The zero-order valence-electron chi connectivity index (χ0n) is 28.6. The Balaban J connectivity index is 0.00000197. The van der Waals surface area contributed by atoms with Gasteiger partial charge in [-0.1, -0.05) is 69.5 Å². The molecule has 9 nitrogen and oxygen atoms in total. The third kappa shape index (κ3) is 4.89. The SMILES string of the molecule is C=C(C)[C@]12C[C@@H](C)[C@@]34OC(Cc5ccccc5)(O[C@@H]1[C@@H]3C=C(COC(=O)Cc1ccc(O)c(OC)c1)C[C@]1(O)C(=O)C(C)=C[C@@H]41)O2.[3H]C. The van der Waals surface area contributed by atoms with Gasteiger partial charge in [0.25, 0.3) is 5.97 Å². The van der Waals surface area contributed by atoms with E-state index < -0.39 is 46.7 Å². The molecule has 0 radical (unpaired) electrons. The Bertz CT molecular complexity index is 1690. The van der Waals surface area contributed by atoms with Crippen molar-refractivity contribution >= 4 is 11.8 Å². The van der Waals surface area contributed by atoms with Crippen LogP contribution in [0.25, 0.3) is 0 Å². The molecule has 2 aromatic rings. The van der Waals surface area contributed by atoms with E-state index in [9.17, 15) is 19.8 Å². The number of Topliss-reactive ketones (excluding diaryl/α,β-unsaturated/α-hetero) is 1. The summed E-state index contributed by atoms with van der Waals surface area (Å²) in [4.78, 5) is 26.8. The topological polar surface area (TPSA) is 121 Å². The van der Waals surface area contributed by atoms with E-state index in [0.29, 0.717) is 29.6 Å².